The summed E-state index contributed by atoms with van der Waals surface area (Å²) in [5.74, 6) is 1.45. The van der Waals surface area contributed by atoms with Crippen LogP contribution in [0.3, 0.4) is 0 Å². The van der Waals surface area contributed by atoms with Gasteiger partial charge in [-0.05, 0) is 56.5 Å². The molecule has 2 aliphatic rings. The van der Waals surface area contributed by atoms with Crippen LogP contribution in [0.2, 0.25) is 0 Å². The van der Waals surface area contributed by atoms with E-state index in [9.17, 15) is 9.59 Å². The molecule has 0 bridgehead atoms. The lowest BCUT2D eigenvalue weighted by Gasteiger charge is -2.43. The SMILES string of the molecule is CC(C)Oc1ccc(CN2CCC3(CC2)Cn2c(nn(-c4ccccc4)c(=O)c2=O)N3C)cc1. The van der Waals surface area contributed by atoms with E-state index < -0.39 is 11.1 Å². The third kappa shape index (κ3) is 4.03. The monoisotopic (exact) mass is 461 g/mol. The Labute approximate surface area is 199 Å². The summed E-state index contributed by atoms with van der Waals surface area (Å²) in [6.45, 7) is 7.27. The second kappa shape index (κ2) is 8.76. The second-order valence-electron chi connectivity index (χ2n) is 9.61. The Morgan fingerprint density at radius 2 is 1.65 bits per heavy atom. The lowest BCUT2D eigenvalue weighted by Crippen LogP contribution is -2.53. The largest absolute Gasteiger partial charge is 0.491 e. The number of ether oxygens (including phenoxy) is 1. The topological polar surface area (TPSA) is 72.6 Å². The molecule has 0 unspecified atom stereocenters. The van der Waals surface area contributed by atoms with Crippen molar-refractivity contribution in [3.05, 3.63) is 80.9 Å². The van der Waals surface area contributed by atoms with Crippen molar-refractivity contribution in [2.45, 2.75) is 51.4 Å². The van der Waals surface area contributed by atoms with E-state index in [0.717, 1.165) is 38.2 Å². The average molecular weight is 462 g/mol. The highest BCUT2D eigenvalue weighted by Gasteiger charge is 2.46. The molecule has 1 spiro atoms. The molecule has 178 valence electrons. The Hall–Kier alpha value is -3.39. The van der Waals surface area contributed by atoms with Crippen LogP contribution >= 0.6 is 0 Å². The summed E-state index contributed by atoms with van der Waals surface area (Å²) in [6, 6.07) is 17.4. The molecule has 1 aromatic heterocycles. The van der Waals surface area contributed by atoms with E-state index in [1.54, 1.807) is 16.7 Å². The summed E-state index contributed by atoms with van der Waals surface area (Å²) in [5, 5.41) is 4.60. The number of rotatable bonds is 5. The number of anilines is 1. The molecule has 2 aromatic carbocycles. The van der Waals surface area contributed by atoms with Gasteiger partial charge in [-0.15, -0.1) is 5.10 Å². The second-order valence-corrected chi connectivity index (χ2v) is 9.61. The van der Waals surface area contributed by atoms with Crippen molar-refractivity contribution >= 4 is 5.95 Å². The maximum atomic E-state index is 13.0. The minimum absolute atomic E-state index is 0.165. The summed E-state index contributed by atoms with van der Waals surface area (Å²) in [6.07, 6.45) is 1.97. The standard InChI is InChI=1S/C26H31N5O3/c1-19(2)34-22-11-9-20(10-12-22)17-29-15-13-26(14-16-29)18-30-23(32)24(33)31(27-25(30)28(26)3)21-7-5-4-6-8-21/h4-12,19H,13-18H2,1-3H3. The Morgan fingerprint density at radius 3 is 2.29 bits per heavy atom. The molecule has 3 aromatic rings. The molecule has 0 aliphatic carbocycles. The summed E-state index contributed by atoms with van der Waals surface area (Å²) in [5.41, 5.74) is 0.536. The van der Waals surface area contributed by atoms with Crippen LogP contribution in [0.15, 0.2) is 64.2 Å². The third-order valence-corrected chi connectivity index (χ3v) is 7.00. The Morgan fingerprint density at radius 1 is 0.971 bits per heavy atom. The number of aromatic nitrogens is 3. The summed E-state index contributed by atoms with van der Waals surface area (Å²) >= 11 is 0. The number of hydrogen-bond acceptors (Lipinski definition) is 6. The van der Waals surface area contributed by atoms with E-state index in [2.05, 4.69) is 27.0 Å². The summed E-state index contributed by atoms with van der Waals surface area (Å²) in [4.78, 5) is 30.3. The Bertz CT molecular complexity index is 1270. The number of hydrogen-bond donors (Lipinski definition) is 0. The first kappa shape index (κ1) is 22.4. The van der Waals surface area contributed by atoms with Crippen molar-refractivity contribution in [2.75, 3.05) is 25.0 Å². The van der Waals surface area contributed by atoms with Crippen LogP contribution in [0.1, 0.15) is 32.3 Å². The van der Waals surface area contributed by atoms with Crippen LogP contribution in [0.5, 0.6) is 5.75 Å². The number of piperidine rings is 1. The zero-order valence-corrected chi connectivity index (χ0v) is 20.0. The van der Waals surface area contributed by atoms with E-state index in [1.165, 1.54) is 10.2 Å². The number of nitrogens with zero attached hydrogens (tertiary/aromatic N) is 5. The molecule has 1 fully saturated rings. The molecule has 3 heterocycles. The molecule has 34 heavy (non-hydrogen) atoms. The highest BCUT2D eigenvalue weighted by atomic mass is 16.5. The minimum atomic E-state index is -0.609. The fraction of sp³-hybridized carbons (Fsp3) is 0.423. The number of fused-ring (bicyclic) bond motifs is 1. The first-order valence-electron chi connectivity index (χ1n) is 11.9. The van der Waals surface area contributed by atoms with Gasteiger partial charge in [-0.3, -0.25) is 19.1 Å². The van der Waals surface area contributed by atoms with Crippen molar-refractivity contribution in [1.82, 2.24) is 19.2 Å². The van der Waals surface area contributed by atoms with E-state index in [-0.39, 0.29) is 11.6 Å². The number of para-hydroxylation sites is 1. The van der Waals surface area contributed by atoms with Gasteiger partial charge in [0.05, 0.1) is 23.9 Å². The fourth-order valence-electron chi connectivity index (χ4n) is 5.06. The molecule has 2 aliphatic heterocycles. The van der Waals surface area contributed by atoms with Crippen LogP contribution in [0.4, 0.5) is 5.95 Å². The van der Waals surface area contributed by atoms with Gasteiger partial charge in [0.1, 0.15) is 5.75 Å². The van der Waals surface area contributed by atoms with Crippen LogP contribution in [-0.4, -0.2) is 51.0 Å². The van der Waals surface area contributed by atoms with Gasteiger partial charge in [-0.1, -0.05) is 30.3 Å². The number of benzene rings is 2. The van der Waals surface area contributed by atoms with Gasteiger partial charge in [-0.25, -0.2) is 0 Å². The van der Waals surface area contributed by atoms with E-state index in [1.807, 2.05) is 51.2 Å². The lowest BCUT2D eigenvalue weighted by molar-refractivity contribution is 0.149. The molecule has 0 radical (unpaired) electrons. The van der Waals surface area contributed by atoms with Gasteiger partial charge in [0.15, 0.2) is 0 Å². The van der Waals surface area contributed by atoms with Crippen molar-refractivity contribution < 1.29 is 4.74 Å². The first-order valence-corrected chi connectivity index (χ1v) is 11.9. The third-order valence-electron chi connectivity index (χ3n) is 7.00. The van der Waals surface area contributed by atoms with Gasteiger partial charge >= 0.3 is 11.1 Å². The quantitative estimate of drug-likeness (QED) is 0.544. The van der Waals surface area contributed by atoms with Gasteiger partial charge in [-0.2, -0.15) is 4.68 Å². The average Bonchev–Trinajstić information content (AvgIpc) is 3.11. The van der Waals surface area contributed by atoms with Crippen molar-refractivity contribution in [2.24, 2.45) is 0 Å². The summed E-state index contributed by atoms with van der Waals surface area (Å²) < 4.78 is 8.53. The van der Waals surface area contributed by atoms with Gasteiger partial charge in [0.25, 0.3) is 0 Å². The van der Waals surface area contributed by atoms with Crippen molar-refractivity contribution in [3.63, 3.8) is 0 Å². The molecule has 5 rings (SSSR count). The normalized spacial score (nSPS) is 17.4. The fourth-order valence-corrected chi connectivity index (χ4v) is 5.06. The maximum absolute atomic E-state index is 13.0. The molecule has 0 atom stereocenters. The first-order chi connectivity index (χ1) is 16.4. The summed E-state index contributed by atoms with van der Waals surface area (Å²) in [7, 11) is 1.99. The highest BCUT2D eigenvalue weighted by molar-refractivity contribution is 5.41. The predicted molar refractivity (Wildman–Crippen MR) is 132 cm³/mol. The number of likely N-dealkylation sites (tertiary alicyclic amines) is 1. The predicted octanol–water partition coefficient (Wildman–Crippen LogP) is 2.67. The molecular weight excluding hydrogens is 430 g/mol. The van der Waals surface area contributed by atoms with E-state index in [4.69, 9.17) is 4.74 Å². The van der Waals surface area contributed by atoms with Gasteiger partial charge in [0.2, 0.25) is 5.95 Å². The molecule has 0 N–H and O–H groups in total. The zero-order chi connectivity index (χ0) is 23.9. The lowest BCUT2D eigenvalue weighted by atomic mass is 9.87. The van der Waals surface area contributed by atoms with E-state index >= 15 is 0 Å². The van der Waals surface area contributed by atoms with Gasteiger partial charge in [0, 0.05) is 26.7 Å². The van der Waals surface area contributed by atoms with Crippen LogP contribution < -0.4 is 20.8 Å². The van der Waals surface area contributed by atoms with Crippen LogP contribution in [0, 0.1) is 0 Å². The smallest absolute Gasteiger partial charge is 0.337 e. The maximum Gasteiger partial charge on any atom is 0.337 e. The molecule has 8 heteroatoms. The molecule has 0 amide bonds. The van der Waals surface area contributed by atoms with Crippen molar-refractivity contribution in [1.29, 1.82) is 0 Å². The molecular formula is C26H31N5O3. The minimum Gasteiger partial charge on any atom is -0.491 e. The van der Waals surface area contributed by atoms with E-state index in [0.29, 0.717) is 18.2 Å². The molecule has 1 saturated heterocycles. The van der Waals surface area contributed by atoms with Crippen molar-refractivity contribution in [3.8, 4) is 11.4 Å². The molecule has 8 nitrogen and oxygen atoms in total. The van der Waals surface area contributed by atoms with Crippen LogP contribution in [-0.2, 0) is 13.1 Å². The zero-order valence-electron chi connectivity index (χ0n) is 20.0. The van der Waals surface area contributed by atoms with Crippen LogP contribution in [0.25, 0.3) is 5.69 Å². The van der Waals surface area contributed by atoms with Gasteiger partial charge < -0.3 is 9.64 Å². The Kier molecular flexibility index (Phi) is 5.77. The molecule has 0 saturated carbocycles. The Balaban J connectivity index is 1.31. The highest BCUT2D eigenvalue weighted by Crippen LogP contribution is 2.37. The number of likely N-dealkylation sites (N-methyl/N-ethyl adjacent to an activating group) is 1.